The van der Waals surface area contributed by atoms with Gasteiger partial charge >= 0.3 is 11.7 Å². The number of esters is 1. The van der Waals surface area contributed by atoms with E-state index in [1.165, 1.54) is 19.2 Å². The largest absolute Gasteiger partial charge is 0.468 e. The maximum atomic E-state index is 10.8. The molecule has 0 saturated carbocycles. The first kappa shape index (κ1) is 11.7. The normalized spacial score (nSPS) is 9.56. The van der Waals surface area contributed by atoms with Gasteiger partial charge in [-0.2, -0.15) is 0 Å². The number of hydrogen-bond acceptors (Lipinski definition) is 7. The highest BCUT2D eigenvalue weighted by Crippen LogP contribution is 2.22. The van der Waals surface area contributed by atoms with Crippen LogP contribution in [0.3, 0.4) is 0 Å². The predicted octanol–water partition coefficient (Wildman–Crippen LogP) is 0.157. The summed E-state index contributed by atoms with van der Waals surface area (Å²) in [7, 11) is 1.21. The molecule has 0 aliphatic carbocycles. The molecule has 8 nitrogen and oxygen atoms in total. The zero-order valence-electron chi connectivity index (χ0n) is 8.47. The van der Waals surface area contributed by atoms with Crippen molar-refractivity contribution in [3.05, 3.63) is 22.2 Å². The number of nitro groups is 1. The maximum Gasteiger partial charge on any atom is 0.325 e. The lowest BCUT2D eigenvalue weighted by Gasteiger charge is -2.05. The van der Waals surface area contributed by atoms with E-state index in [4.69, 9.17) is 5.73 Å². The minimum absolute atomic E-state index is 0.0598. The fourth-order valence-electron chi connectivity index (χ4n) is 0.972. The molecule has 0 spiro atoms. The van der Waals surface area contributed by atoms with Gasteiger partial charge < -0.3 is 15.8 Å². The number of carbonyl (C=O) groups is 1. The van der Waals surface area contributed by atoms with E-state index in [1.54, 1.807) is 0 Å². The van der Waals surface area contributed by atoms with Crippen molar-refractivity contribution in [1.82, 2.24) is 4.98 Å². The van der Waals surface area contributed by atoms with Crippen molar-refractivity contribution in [2.75, 3.05) is 24.7 Å². The summed E-state index contributed by atoms with van der Waals surface area (Å²) in [6.45, 7) is -0.214. The van der Waals surface area contributed by atoms with Gasteiger partial charge in [0.05, 0.1) is 12.0 Å². The molecule has 1 heterocycles. The molecule has 16 heavy (non-hydrogen) atoms. The molecule has 0 aromatic carbocycles. The van der Waals surface area contributed by atoms with Crippen molar-refractivity contribution in [3.8, 4) is 0 Å². The topological polar surface area (TPSA) is 120 Å². The molecule has 8 heteroatoms. The SMILES string of the molecule is COC(=O)CNc1nc(N)ccc1[N+](=O)[O-]. The summed E-state index contributed by atoms with van der Waals surface area (Å²) >= 11 is 0. The Morgan fingerprint density at radius 3 is 2.94 bits per heavy atom. The predicted molar refractivity (Wildman–Crippen MR) is 55.8 cm³/mol. The Morgan fingerprint density at radius 1 is 1.69 bits per heavy atom. The third-order valence-electron chi connectivity index (χ3n) is 1.72. The van der Waals surface area contributed by atoms with E-state index in [9.17, 15) is 14.9 Å². The summed E-state index contributed by atoms with van der Waals surface area (Å²) in [6.07, 6.45) is 0. The van der Waals surface area contributed by atoms with Crippen LogP contribution in [0.15, 0.2) is 12.1 Å². The number of rotatable bonds is 4. The second-order valence-electron chi connectivity index (χ2n) is 2.79. The Hall–Kier alpha value is -2.38. The van der Waals surface area contributed by atoms with Crippen LogP contribution in [-0.2, 0) is 9.53 Å². The maximum absolute atomic E-state index is 10.8. The molecule has 0 fully saturated rings. The van der Waals surface area contributed by atoms with Gasteiger partial charge in [-0.15, -0.1) is 0 Å². The second kappa shape index (κ2) is 4.91. The van der Waals surface area contributed by atoms with Crippen molar-refractivity contribution in [2.24, 2.45) is 0 Å². The molecule has 1 aromatic heterocycles. The van der Waals surface area contributed by atoms with Crippen LogP contribution in [0, 0.1) is 10.1 Å². The lowest BCUT2D eigenvalue weighted by molar-refractivity contribution is -0.384. The van der Waals surface area contributed by atoms with E-state index in [1.807, 2.05) is 0 Å². The van der Waals surface area contributed by atoms with Crippen molar-refractivity contribution in [1.29, 1.82) is 0 Å². The number of aromatic nitrogens is 1. The van der Waals surface area contributed by atoms with Crippen LogP contribution in [0.5, 0.6) is 0 Å². The van der Waals surface area contributed by atoms with E-state index in [0.29, 0.717) is 0 Å². The van der Waals surface area contributed by atoms with Gasteiger partial charge in [-0.3, -0.25) is 14.9 Å². The second-order valence-corrected chi connectivity index (χ2v) is 2.79. The average molecular weight is 226 g/mol. The molecule has 1 aromatic rings. The van der Waals surface area contributed by atoms with E-state index >= 15 is 0 Å². The molecule has 0 aliphatic heterocycles. The molecule has 0 saturated heterocycles. The highest BCUT2D eigenvalue weighted by Gasteiger charge is 2.16. The van der Waals surface area contributed by atoms with Crippen LogP contribution in [0.4, 0.5) is 17.3 Å². The quantitative estimate of drug-likeness (QED) is 0.426. The number of nitrogens with one attached hydrogen (secondary N) is 1. The number of pyridine rings is 1. The summed E-state index contributed by atoms with van der Waals surface area (Å²) < 4.78 is 4.37. The number of nitrogens with zero attached hydrogens (tertiary/aromatic N) is 2. The van der Waals surface area contributed by atoms with E-state index in [-0.39, 0.29) is 23.9 Å². The lowest BCUT2D eigenvalue weighted by Crippen LogP contribution is -2.16. The first-order chi connectivity index (χ1) is 7.54. The Kier molecular flexibility index (Phi) is 3.59. The molecule has 0 bridgehead atoms. The smallest absolute Gasteiger partial charge is 0.325 e. The molecule has 86 valence electrons. The number of ether oxygens (including phenoxy) is 1. The highest BCUT2D eigenvalue weighted by atomic mass is 16.6. The Balaban J connectivity index is 2.88. The standard InChI is InChI=1S/C8H10N4O4/c1-16-7(13)4-10-8-5(12(14)15)2-3-6(9)11-8/h2-3H,4H2,1H3,(H3,9,10,11). The van der Waals surface area contributed by atoms with Gasteiger partial charge in [0.1, 0.15) is 12.4 Å². The first-order valence-corrected chi connectivity index (χ1v) is 4.26. The number of methoxy groups -OCH3 is 1. The van der Waals surface area contributed by atoms with Crippen molar-refractivity contribution in [2.45, 2.75) is 0 Å². The molecule has 0 unspecified atom stereocenters. The molecule has 0 atom stereocenters. The average Bonchev–Trinajstić information content (AvgIpc) is 2.25. The third kappa shape index (κ3) is 2.80. The highest BCUT2D eigenvalue weighted by molar-refractivity contribution is 5.75. The molecule has 3 N–H and O–H groups in total. The summed E-state index contributed by atoms with van der Waals surface area (Å²) in [5.41, 5.74) is 5.12. The number of nitrogen functional groups attached to an aromatic ring is 1. The molecule has 0 amide bonds. The molecular weight excluding hydrogens is 216 g/mol. The van der Waals surface area contributed by atoms with Crippen LogP contribution >= 0.6 is 0 Å². The van der Waals surface area contributed by atoms with Gasteiger partial charge in [-0.25, -0.2) is 4.98 Å². The summed E-state index contributed by atoms with van der Waals surface area (Å²) in [5, 5.41) is 13.1. The van der Waals surface area contributed by atoms with E-state index in [2.05, 4.69) is 15.0 Å². The molecular formula is C8H10N4O4. The van der Waals surface area contributed by atoms with Crippen LogP contribution in [0.1, 0.15) is 0 Å². The molecule has 0 aliphatic rings. The first-order valence-electron chi connectivity index (χ1n) is 4.26. The van der Waals surface area contributed by atoms with Crippen LogP contribution in [0.2, 0.25) is 0 Å². The Morgan fingerprint density at radius 2 is 2.38 bits per heavy atom. The lowest BCUT2D eigenvalue weighted by atomic mass is 10.3. The van der Waals surface area contributed by atoms with Crippen LogP contribution in [-0.4, -0.2) is 29.5 Å². The van der Waals surface area contributed by atoms with Gasteiger partial charge in [0, 0.05) is 6.07 Å². The fourth-order valence-corrected chi connectivity index (χ4v) is 0.972. The van der Waals surface area contributed by atoms with Gasteiger partial charge in [0.2, 0.25) is 5.82 Å². The number of anilines is 2. The van der Waals surface area contributed by atoms with Crippen LogP contribution in [0.25, 0.3) is 0 Å². The van der Waals surface area contributed by atoms with Crippen LogP contribution < -0.4 is 11.1 Å². The Labute approximate surface area is 90.6 Å². The van der Waals surface area contributed by atoms with E-state index in [0.717, 1.165) is 0 Å². The Bertz CT molecular complexity index is 420. The van der Waals surface area contributed by atoms with Gasteiger partial charge in [-0.05, 0) is 6.07 Å². The zero-order valence-corrected chi connectivity index (χ0v) is 8.47. The monoisotopic (exact) mass is 226 g/mol. The van der Waals surface area contributed by atoms with Gasteiger partial charge in [-0.1, -0.05) is 0 Å². The van der Waals surface area contributed by atoms with Gasteiger partial charge in [0.15, 0.2) is 0 Å². The van der Waals surface area contributed by atoms with E-state index < -0.39 is 10.9 Å². The zero-order chi connectivity index (χ0) is 12.1. The van der Waals surface area contributed by atoms with Crippen molar-refractivity contribution < 1.29 is 14.5 Å². The van der Waals surface area contributed by atoms with Crippen molar-refractivity contribution >= 4 is 23.3 Å². The number of nitrogens with two attached hydrogens (primary N) is 1. The summed E-state index contributed by atoms with van der Waals surface area (Å²) in [5.74, 6) is -0.494. The summed E-state index contributed by atoms with van der Waals surface area (Å²) in [4.78, 5) is 24.6. The summed E-state index contributed by atoms with van der Waals surface area (Å²) in [6, 6.07) is 2.52. The molecule has 1 rings (SSSR count). The minimum Gasteiger partial charge on any atom is -0.468 e. The van der Waals surface area contributed by atoms with Gasteiger partial charge in [0.25, 0.3) is 0 Å². The molecule has 0 radical (unpaired) electrons. The fraction of sp³-hybridized carbons (Fsp3) is 0.250. The number of carbonyl (C=O) groups excluding carboxylic acids is 1. The minimum atomic E-state index is -0.619. The third-order valence-corrected chi connectivity index (χ3v) is 1.72. The number of hydrogen-bond donors (Lipinski definition) is 2. The van der Waals surface area contributed by atoms with Crippen molar-refractivity contribution in [3.63, 3.8) is 0 Å².